The lowest BCUT2D eigenvalue weighted by molar-refractivity contribution is -0.132. The fourth-order valence-electron chi connectivity index (χ4n) is 5.40. The van der Waals surface area contributed by atoms with Crippen molar-refractivity contribution < 1.29 is 9.18 Å². The van der Waals surface area contributed by atoms with Gasteiger partial charge in [0.05, 0.1) is 40.8 Å². The first-order valence-corrected chi connectivity index (χ1v) is 12.1. The van der Waals surface area contributed by atoms with Gasteiger partial charge in [-0.3, -0.25) is 13.9 Å². The van der Waals surface area contributed by atoms with E-state index >= 15 is 0 Å². The van der Waals surface area contributed by atoms with Crippen LogP contribution in [-0.2, 0) is 11.3 Å². The molecule has 6 rings (SSSR count). The van der Waals surface area contributed by atoms with Crippen LogP contribution < -0.4 is 5.69 Å². The van der Waals surface area contributed by atoms with E-state index in [9.17, 15) is 14.0 Å². The first-order chi connectivity index (χ1) is 17.6. The van der Waals surface area contributed by atoms with Crippen LogP contribution in [0.15, 0.2) is 78.1 Å². The van der Waals surface area contributed by atoms with Crippen molar-refractivity contribution in [2.24, 2.45) is 0 Å². The second kappa shape index (κ2) is 8.78. The zero-order chi connectivity index (χ0) is 24.8. The molecule has 0 saturated carbocycles. The number of benzene rings is 2. The summed E-state index contributed by atoms with van der Waals surface area (Å²) >= 11 is 0. The molecule has 0 N–H and O–H groups in total. The highest BCUT2D eigenvalue weighted by atomic mass is 19.1. The lowest BCUT2D eigenvalue weighted by Gasteiger charge is -2.22. The van der Waals surface area contributed by atoms with Gasteiger partial charge in [-0.15, -0.1) is 0 Å². The van der Waals surface area contributed by atoms with E-state index in [2.05, 4.69) is 4.98 Å². The van der Waals surface area contributed by atoms with Crippen molar-refractivity contribution in [3.8, 4) is 16.8 Å². The number of imidazole rings is 2. The van der Waals surface area contributed by atoms with Crippen molar-refractivity contribution in [3.05, 3.63) is 89.4 Å². The Bertz CT molecular complexity index is 1650. The summed E-state index contributed by atoms with van der Waals surface area (Å²) in [6, 6.07) is 17.2. The zero-order valence-electron chi connectivity index (χ0n) is 20.0. The normalized spacial score (nSPS) is 15.8. The van der Waals surface area contributed by atoms with Gasteiger partial charge >= 0.3 is 5.69 Å². The molecule has 1 saturated heterocycles. The van der Waals surface area contributed by atoms with Crippen molar-refractivity contribution in [3.63, 3.8) is 0 Å². The van der Waals surface area contributed by atoms with Crippen LogP contribution in [0.2, 0.25) is 0 Å². The van der Waals surface area contributed by atoms with E-state index in [1.807, 2.05) is 78.3 Å². The summed E-state index contributed by atoms with van der Waals surface area (Å²) in [5.74, 6) is -0.220. The maximum atomic E-state index is 13.7. The molecule has 0 bridgehead atoms. The number of hydrogen-bond donors (Lipinski definition) is 0. The highest BCUT2D eigenvalue weighted by molar-refractivity contribution is 5.85. The number of para-hydroxylation sites is 1. The van der Waals surface area contributed by atoms with E-state index in [0.717, 1.165) is 39.8 Å². The van der Waals surface area contributed by atoms with Crippen LogP contribution in [0.4, 0.5) is 4.39 Å². The number of aromatic nitrogens is 4. The molecule has 0 spiro atoms. The third-order valence-corrected chi connectivity index (χ3v) is 7.21. The van der Waals surface area contributed by atoms with E-state index < -0.39 is 12.7 Å². The van der Waals surface area contributed by atoms with Gasteiger partial charge < -0.3 is 9.30 Å². The predicted octanol–water partition coefficient (Wildman–Crippen LogP) is 4.38. The molecule has 1 unspecified atom stereocenters. The Kier molecular flexibility index (Phi) is 5.44. The Hall–Kier alpha value is -4.20. The summed E-state index contributed by atoms with van der Waals surface area (Å²) in [4.78, 5) is 32.6. The number of halogens is 1. The molecule has 1 amide bonds. The Morgan fingerprint density at radius 3 is 2.72 bits per heavy atom. The molecule has 1 atom stereocenters. The van der Waals surface area contributed by atoms with Crippen LogP contribution in [0.25, 0.3) is 33.4 Å². The molecule has 182 valence electrons. The Morgan fingerprint density at radius 2 is 1.92 bits per heavy atom. The summed E-state index contributed by atoms with van der Waals surface area (Å²) in [7, 11) is 0. The number of aryl methyl sites for hydroxylation is 1. The number of alkyl halides is 1. The quantitative estimate of drug-likeness (QED) is 0.373. The number of hydrogen-bond acceptors (Lipinski definition) is 3. The molecule has 2 aromatic carbocycles. The van der Waals surface area contributed by atoms with Crippen molar-refractivity contribution in [2.75, 3.05) is 13.2 Å². The maximum Gasteiger partial charge on any atom is 0.334 e. The lowest BCUT2D eigenvalue weighted by atomic mass is 10.1. The highest BCUT2D eigenvalue weighted by Crippen LogP contribution is 2.27. The van der Waals surface area contributed by atoms with Crippen LogP contribution >= 0.6 is 0 Å². The number of pyridine rings is 1. The van der Waals surface area contributed by atoms with Crippen LogP contribution in [0, 0.1) is 6.92 Å². The second-order valence-corrected chi connectivity index (χ2v) is 9.34. The molecular formula is C28H26FN5O2. The van der Waals surface area contributed by atoms with E-state index in [1.165, 1.54) is 4.57 Å². The standard InChI is InChI=1S/C28H26FN5O2/c1-19-5-2-8-24-27(19)34(28(36)33(24)17-26(35)32-14-3-6-22(32)15-29)21-11-9-20(10-12-21)23-7-4-13-31-18-30-16-25(23)31/h2,4-5,7-13,16,18,22H,3,6,14-15,17H2,1H3. The van der Waals surface area contributed by atoms with Crippen molar-refractivity contribution >= 4 is 22.5 Å². The summed E-state index contributed by atoms with van der Waals surface area (Å²) in [5.41, 5.74) is 5.90. The fourth-order valence-corrected chi connectivity index (χ4v) is 5.40. The highest BCUT2D eigenvalue weighted by Gasteiger charge is 2.29. The molecule has 1 fully saturated rings. The minimum atomic E-state index is -0.555. The van der Waals surface area contributed by atoms with E-state index in [0.29, 0.717) is 18.5 Å². The molecule has 3 aromatic heterocycles. The van der Waals surface area contributed by atoms with Crippen molar-refractivity contribution in [1.29, 1.82) is 0 Å². The number of carbonyl (C=O) groups excluding carboxylic acids is 1. The number of nitrogens with zero attached hydrogens (tertiary/aromatic N) is 5. The first kappa shape index (κ1) is 22.3. The summed E-state index contributed by atoms with van der Waals surface area (Å²) in [5, 5.41) is 0. The molecule has 1 aliphatic heterocycles. The number of carbonyl (C=O) groups is 1. The fraction of sp³-hybridized carbons (Fsp3) is 0.250. The molecule has 0 radical (unpaired) electrons. The molecule has 5 aromatic rings. The van der Waals surface area contributed by atoms with Crippen LogP contribution in [-0.4, -0.2) is 48.6 Å². The average Bonchev–Trinajstić information content (AvgIpc) is 3.63. The number of fused-ring (bicyclic) bond motifs is 2. The van der Waals surface area contributed by atoms with E-state index in [-0.39, 0.29) is 18.1 Å². The number of amides is 1. The minimum Gasteiger partial charge on any atom is -0.336 e. The number of likely N-dealkylation sites (tertiary alicyclic amines) is 1. The summed E-state index contributed by atoms with van der Waals surface area (Å²) in [6.45, 7) is 1.83. The molecule has 4 heterocycles. The summed E-state index contributed by atoms with van der Waals surface area (Å²) < 4.78 is 18.6. The van der Waals surface area contributed by atoms with E-state index in [1.54, 1.807) is 15.8 Å². The molecule has 7 nitrogen and oxygen atoms in total. The predicted molar refractivity (Wildman–Crippen MR) is 137 cm³/mol. The van der Waals surface area contributed by atoms with Gasteiger partial charge in [0, 0.05) is 18.3 Å². The molecule has 36 heavy (non-hydrogen) atoms. The third-order valence-electron chi connectivity index (χ3n) is 7.21. The number of rotatable bonds is 5. The first-order valence-electron chi connectivity index (χ1n) is 12.1. The SMILES string of the molecule is Cc1cccc2c1n(-c1ccc(-c3cccn4cncc34)cc1)c(=O)n2CC(=O)N1CCCC1CF. The zero-order valence-corrected chi connectivity index (χ0v) is 20.0. The molecule has 1 aliphatic rings. The largest absolute Gasteiger partial charge is 0.336 e. The van der Waals surface area contributed by atoms with E-state index in [4.69, 9.17) is 0 Å². The van der Waals surface area contributed by atoms with Crippen molar-refractivity contribution in [2.45, 2.75) is 32.4 Å². The molecule has 0 aliphatic carbocycles. The molecular weight excluding hydrogens is 457 g/mol. The van der Waals surface area contributed by atoms with Gasteiger partial charge in [-0.1, -0.05) is 30.3 Å². The Balaban J connectivity index is 1.42. The van der Waals surface area contributed by atoms with Gasteiger partial charge in [0.25, 0.3) is 0 Å². The maximum absolute atomic E-state index is 13.7. The van der Waals surface area contributed by atoms with Gasteiger partial charge in [0.2, 0.25) is 5.91 Å². The van der Waals surface area contributed by atoms with Crippen LogP contribution in [0.3, 0.4) is 0 Å². The smallest absolute Gasteiger partial charge is 0.334 e. The molecule has 8 heteroatoms. The topological polar surface area (TPSA) is 64.5 Å². The van der Waals surface area contributed by atoms with Crippen LogP contribution in [0.5, 0.6) is 0 Å². The minimum absolute atomic E-state index is 0.108. The second-order valence-electron chi connectivity index (χ2n) is 9.34. The lowest BCUT2D eigenvalue weighted by Crippen LogP contribution is -2.40. The van der Waals surface area contributed by atoms with Gasteiger partial charge in [-0.25, -0.2) is 14.2 Å². The van der Waals surface area contributed by atoms with Gasteiger partial charge in [-0.2, -0.15) is 0 Å². The summed E-state index contributed by atoms with van der Waals surface area (Å²) in [6.07, 6.45) is 7.00. The Labute approximate surface area is 207 Å². The van der Waals surface area contributed by atoms with Gasteiger partial charge in [0.15, 0.2) is 0 Å². The monoisotopic (exact) mass is 483 g/mol. The average molecular weight is 484 g/mol. The van der Waals surface area contributed by atoms with Crippen LogP contribution in [0.1, 0.15) is 18.4 Å². The Morgan fingerprint density at radius 1 is 1.08 bits per heavy atom. The van der Waals surface area contributed by atoms with Gasteiger partial charge in [0.1, 0.15) is 13.2 Å². The van der Waals surface area contributed by atoms with Crippen molar-refractivity contribution in [1.82, 2.24) is 23.4 Å². The third kappa shape index (κ3) is 3.52. The van der Waals surface area contributed by atoms with Gasteiger partial charge in [-0.05, 0) is 55.2 Å².